The summed E-state index contributed by atoms with van der Waals surface area (Å²) in [5, 5.41) is 2.37. The standard InChI is InChI=1S/C11H9F3N2O2/c1-6(17)16-5-7-4-8(11(12,13)14)2-3-9(7)15-10(16)18/h2-4H,5H2,1H3,(H,15,18). The summed E-state index contributed by atoms with van der Waals surface area (Å²) >= 11 is 0. The van der Waals surface area contributed by atoms with E-state index in [1.807, 2.05) is 0 Å². The van der Waals surface area contributed by atoms with Crippen LogP contribution < -0.4 is 5.32 Å². The first-order valence-corrected chi connectivity index (χ1v) is 5.08. The minimum absolute atomic E-state index is 0.152. The maximum absolute atomic E-state index is 12.5. The van der Waals surface area contributed by atoms with Crippen molar-refractivity contribution in [2.45, 2.75) is 19.6 Å². The fraction of sp³-hybridized carbons (Fsp3) is 0.273. The van der Waals surface area contributed by atoms with Gasteiger partial charge in [0, 0.05) is 12.6 Å². The number of carbonyl (C=O) groups is 2. The molecule has 1 N–H and O–H groups in total. The fourth-order valence-corrected chi connectivity index (χ4v) is 1.70. The molecular weight excluding hydrogens is 249 g/mol. The summed E-state index contributed by atoms with van der Waals surface area (Å²) in [5.74, 6) is -0.518. The van der Waals surface area contributed by atoms with Crippen molar-refractivity contribution in [3.8, 4) is 0 Å². The summed E-state index contributed by atoms with van der Waals surface area (Å²) in [6.45, 7) is 1.03. The van der Waals surface area contributed by atoms with Crippen LogP contribution in [-0.4, -0.2) is 16.8 Å². The number of nitrogens with zero attached hydrogens (tertiary/aromatic N) is 1. The quantitative estimate of drug-likeness (QED) is 0.777. The van der Waals surface area contributed by atoms with Gasteiger partial charge in [0.15, 0.2) is 0 Å². The molecule has 0 aliphatic carbocycles. The van der Waals surface area contributed by atoms with Gasteiger partial charge in [-0.15, -0.1) is 0 Å². The molecule has 0 bridgehead atoms. The third kappa shape index (κ3) is 2.15. The number of imide groups is 1. The topological polar surface area (TPSA) is 49.4 Å². The summed E-state index contributed by atoms with van der Waals surface area (Å²) < 4.78 is 37.6. The van der Waals surface area contributed by atoms with Crippen LogP contribution in [0, 0.1) is 0 Å². The molecule has 2 rings (SSSR count). The van der Waals surface area contributed by atoms with E-state index in [1.54, 1.807) is 0 Å². The van der Waals surface area contributed by atoms with E-state index in [1.165, 1.54) is 13.0 Å². The molecular formula is C11H9F3N2O2. The third-order valence-electron chi connectivity index (χ3n) is 2.63. The average Bonchev–Trinajstić information content (AvgIpc) is 2.25. The Kier molecular flexibility index (Phi) is 2.76. The highest BCUT2D eigenvalue weighted by molar-refractivity contribution is 6.02. The Labute approximate surface area is 100 Å². The summed E-state index contributed by atoms with van der Waals surface area (Å²) in [5.41, 5.74) is -0.244. The van der Waals surface area contributed by atoms with Gasteiger partial charge in [0.2, 0.25) is 5.91 Å². The van der Waals surface area contributed by atoms with Crippen LogP contribution in [0.4, 0.5) is 23.7 Å². The summed E-state index contributed by atoms with van der Waals surface area (Å²) in [4.78, 5) is 23.4. The number of hydrogen-bond donors (Lipinski definition) is 1. The number of alkyl halides is 3. The third-order valence-corrected chi connectivity index (χ3v) is 2.63. The van der Waals surface area contributed by atoms with Crippen LogP contribution in [0.5, 0.6) is 0 Å². The molecule has 0 radical (unpaired) electrons. The zero-order valence-corrected chi connectivity index (χ0v) is 9.34. The summed E-state index contributed by atoms with van der Waals surface area (Å²) in [6.07, 6.45) is -4.45. The van der Waals surface area contributed by atoms with Gasteiger partial charge in [-0.2, -0.15) is 13.2 Å². The average molecular weight is 258 g/mol. The largest absolute Gasteiger partial charge is 0.416 e. The number of benzene rings is 1. The minimum Gasteiger partial charge on any atom is -0.307 e. The van der Waals surface area contributed by atoms with E-state index in [9.17, 15) is 22.8 Å². The number of hydrogen-bond acceptors (Lipinski definition) is 2. The summed E-state index contributed by atoms with van der Waals surface area (Å²) in [7, 11) is 0. The number of halogens is 3. The molecule has 1 aliphatic heterocycles. The maximum atomic E-state index is 12.5. The van der Waals surface area contributed by atoms with Crippen LogP contribution >= 0.6 is 0 Å². The van der Waals surface area contributed by atoms with E-state index in [4.69, 9.17) is 0 Å². The van der Waals surface area contributed by atoms with Gasteiger partial charge in [-0.3, -0.25) is 9.69 Å². The molecule has 1 heterocycles. The van der Waals surface area contributed by atoms with Crippen molar-refractivity contribution in [2.75, 3.05) is 5.32 Å². The predicted molar refractivity (Wildman–Crippen MR) is 56.7 cm³/mol. The van der Waals surface area contributed by atoms with E-state index in [0.717, 1.165) is 17.0 Å². The van der Waals surface area contributed by atoms with Crippen molar-refractivity contribution in [3.63, 3.8) is 0 Å². The van der Waals surface area contributed by atoms with Gasteiger partial charge in [0.1, 0.15) is 0 Å². The lowest BCUT2D eigenvalue weighted by Crippen LogP contribution is -2.41. The molecule has 3 amide bonds. The van der Waals surface area contributed by atoms with Crippen molar-refractivity contribution in [2.24, 2.45) is 0 Å². The van der Waals surface area contributed by atoms with Crippen LogP contribution in [0.1, 0.15) is 18.1 Å². The Balaban J connectivity index is 2.40. The van der Waals surface area contributed by atoms with E-state index in [0.29, 0.717) is 5.69 Å². The first-order chi connectivity index (χ1) is 8.29. The molecule has 1 aromatic rings. The SMILES string of the molecule is CC(=O)N1Cc2cc(C(F)(F)F)ccc2NC1=O. The Bertz CT molecular complexity index is 526. The van der Waals surface area contributed by atoms with Crippen molar-refractivity contribution < 1.29 is 22.8 Å². The lowest BCUT2D eigenvalue weighted by molar-refractivity contribution is -0.137. The van der Waals surface area contributed by atoms with Crippen LogP contribution in [0.3, 0.4) is 0 Å². The lowest BCUT2D eigenvalue weighted by Gasteiger charge is -2.27. The first-order valence-electron chi connectivity index (χ1n) is 5.08. The number of urea groups is 1. The molecule has 0 atom stereocenters. The zero-order valence-electron chi connectivity index (χ0n) is 9.34. The van der Waals surface area contributed by atoms with Crippen molar-refractivity contribution in [3.05, 3.63) is 29.3 Å². The number of carbonyl (C=O) groups excluding carboxylic acids is 2. The number of rotatable bonds is 0. The van der Waals surface area contributed by atoms with E-state index in [2.05, 4.69) is 5.32 Å². The van der Waals surface area contributed by atoms with Crippen molar-refractivity contribution in [1.82, 2.24) is 4.90 Å². The second-order valence-electron chi connectivity index (χ2n) is 3.91. The molecule has 4 nitrogen and oxygen atoms in total. The van der Waals surface area contributed by atoms with Gasteiger partial charge in [0.25, 0.3) is 0 Å². The van der Waals surface area contributed by atoms with Crippen molar-refractivity contribution in [1.29, 1.82) is 0 Å². The van der Waals surface area contributed by atoms with Gasteiger partial charge in [-0.1, -0.05) is 0 Å². The molecule has 0 aromatic heterocycles. The first kappa shape index (κ1) is 12.4. The highest BCUT2D eigenvalue weighted by Gasteiger charge is 2.33. The lowest BCUT2D eigenvalue weighted by atomic mass is 10.1. The second-order valence-corrected chi connectivity index (χ2v) is 3.91. The van der Waals surface area contributed by atoms with Gasteiger partial charge in [-0.25, -0.2) is 4.79 Å². The van der Waals surface area contributed by atoms with Gasteiger partial charge < -0.3 is 5.32 Å². The molecule has 96 valence electrons. The maximum Gasteiger partial charge on any atom is 0.416 e. The number of amides is 3. The molecule has 0 saturated heterocycles. The van der Waals surface area contributed by atoms with Crippen LogP contribution in [-0.2, 0) is 17.5 Å². The highest BCUT2D eigenvalue weighted by Crippen LogP contribution is 2.33. The van der Waals surface area contributed by atoms with Gasteiger partial charge in [0.05, 0.1) is 12.1 Å². The molecule has 0 fully saturated rings. The van der Waals surface area contributed by atoms with Crippen LogP contribution in [0.25, 0.3) is 0 Å². The minimum atomic E-state index is -4.45. The number of nitrogens with one attached hydrogen (secondary N) is 1. The molecule has 0 saturated carbocycles. The highest BCUT2D eigenvalue weighted by atomic mass is 19.4. The van der Waals surface area contributed by atoms with Crippen LogP contribution in [0.2, 0.25) is 0 Å². The summed E-state index contributed by atoms with van der Waals surface area (Å²) in [6, 6.07) is 2.38. The van der Waals surface area contributed by atoms with E-state index >= 15 is 0 Å². The molecule has 0 spiro atoms. The molecule has 18 heavy (non-hydrogen) atoms. The second kappa shape index (κ2) is 4.01. The van der Waals surface area contributed by atoms with Crippen LogP contribution in [0.15, 0.2) is 18.2 Å². The van der Waals surface area contributed by atoms with E-state index < -0.39 is 23.7 Å². The van der Waals surface area contributed by atoms with Crippen molar-refractivity contribution >= 4 is 17.6 Å². The molecule has 7 heteroatoms. The molecule has 1 aliphatic rings. The van der Waals surface area contributed by atoms with E-state index in [-0.39, 0.29) is 12.1 Å². The smallest absolute Gasteiger partial charge is 0.307 e. The van der Waals surface area contributed by atoms with Gasteiger partial charge >= 0.3 is 12.2 Å². The molecule has 1 aromatic carbocycles. The Morgan fingerprint density at radius 3 is 2.61 bits per heavy atom. The fourth-order valence-electron chi connectivity index (χ4n) is 1.70. The number of fused-ring (bicyclic) bond motifs is 1. The Morgan fingerprint density at radius 2 is 2.06 bits per heavy atom. The normalized spacial score (nSPS) is 15.1. The number of anilines is 1. The Morgan fingerprint density at radius 1 is 1.39 bits per heavy atom. The molecule has 0 unspecified atom stereocenters. The Hall–Kier alpha value is -2.05. The zero-order chi connectivity index (χ0) is 13.5. The monoisotopic (exact) mass is 258 g/mol. The predicted octanol–water partition coefficient (Wildman–Crippen LogP) is 2.60. The van der Waals surface area contributed by atoms with Gasteiger partial charge in [-0.05, 0) is 23.8 Å².